The summed E-state index contributed by atoms with van der Waals surface area (Å²) in [5.74, 6) is -0.352. The number of imide groups is 1. The fraction of sp³-hybridized carbons (Fsp3) is 0.278. The summed E-state index contributed by atoms with van der Waals surface area (Å²) >= 11 is 0. The van der Waals surface area contributed by atoms with E-state index in [0.29, 0.717) is 0 Å². The molecule has 3 rings (SSSR count). The fourth-order valence-electron chi connectivity index (χ4n) is 2.54. The van der Waals surface area contributed by atoms with E-state index < -0.39 is 11.7 Å². The number of amides is 2. The Morgan fingerprint density at radius 1 is 1.22 bits per heavy atom. The Kier molecular flexibility index (Phi) is 3.64. The van der Waals surface area contributed by atoms with Crippen molar-refractivity contribution in [1.82, 2.24) is 9.88 Å². The number of aromatic nitrogens is 1. The maximum Gasteiger partial charge on any atom is 0.417 e. The third-order valence-corrected chi connectivity index (χ3v) is 3.50. The predicted octanol–water partition coefficient (Wildman–Crippen LogP) is 3.40. The number of hydrogen-bond donors (Lipinski definition) is 0. The van der Waals surface area contributed by atoms with Gasteiger partial charge in [0.25, 0.3) is 5.91 Å². The highest BCUT2D eigenvalue weighted by Crippen LogP contribution is 2.28. The van der Waals surface area contributed by atoms with Gasteiger partial charge in [0.15, 0.2) is 0 Å². The summed E-state index contributed by atoms with van der Waals surface area (Å²) in [5.41, 5.74) is 1.92. The van der Waals surface area contributed by atoms with Gasteiger partial charge in [-0.05, 0) is 44.0 Å². The first kappa shape index (κ1) is 15.2. The molecule has 2 heterocycles. The van der Waals surface area contributed by atoms with Gasteiger partial charge in [0.05, 0.1) is 12.1 Å². The number of nitrogens with zero attached hydrogens (tertiary/aromatic N) is 2. The molecule has 5 nitrogen and oxygen atoms in total. The molecule has 118 valence electrons. The van der Waals surface area contributed by atoms with Crippen molar-refractivity contribution in [2.45, 2.75) is 26.4 Å². The van der Waals surface area contributed by atoms with E-state index in [2.05, 4.69) is 4.98 Å². The van der Waals surface area contributed by atoms with Crippen molar-refractivity contribution in [2.24, 2.45) is 0 Å². The van der Waals surface area contributed by atoms with Gasteiger partial charge < -0.3 is 4.74 Å². The normalized spacial score (nSPS) is 15.0. The van der Waals surface area contributed by atoms with E-state index in [1.807, 2.05) is 30.3 Å². The zero-order chi connectivity index (χ0) is 16.6. The largest absolute Gasteiger partial charge is 0.443 e. The maximum absolute atomic E-state index is 12.2. The Hall–Kier alpha value is -2.69. The summed E-state index contributed by atoms with van der Waals surface area (Å²) in [7, 11) is 0. The van der Waals surface area contributed by atoms with E-state index in [-0.39, 0.29) is 12.5 Å². The van der Waals surface area contributed by atoms with Crippen LogP contribution in [0, 0.1) is 0 Å². The van der Waals surface area contributed by atoms with Crippen LogP contribution in [0.2, 0.25) is 0 Å². The molecule has 0 spiro atoms. The molecular weight excluding hydrogens is 292 g/mol. The number of fused-ring (bicyclic) bond motifs is 1. The van der Waals surface area contributed by atoms with Crippen molar-refractivity contribution in [3.63, 3.8) is 0 Å². The summed E-state index contributed by atoms with van der Waals surface area (Å²) < 4.78 is 5.28. The monoisotopic (exact) mass is 310 g/mol. The lowest BCUT2D eigenvalue weighted by Crippen LogP contribution is -2.38. The average molecular weight is 310 g/mol. The minimum atomic E-state index is -0.635. The smallest absolute Gasteiger partial charge is 0.417 e. The van der Waals surface area contributed by atoms with E-state index in [1.165, 1.54) is 6.08 Å². The molecule has 0 fully saturated rings. The van der Waals surface area contributed by atoms with E-state index in [9.17, 15) is 9.59 Å². The average Bonchev–Trinajstić information content (AvgIpc) is 2.87. The minimum Gasteiger partial charge on any atom is -0.443 e. The van der Waals surface area contributed by atoms with E-state index >= 15 is 0 Å². The van der Waals surface area contributed by atoms with Crippen molar-refractivity contribution >= 4 is 28.5 Å². The molecule has 2 aromatic rings. The Balaban J connectivity index is 1.90. The Morgan fingerprint density at radius 2 is 2.00 bits per heavy atom. The van der Waals surface area contributed by atoms with Crippen LogP contribution in [0.4, 0.5) is 4.79 Å². The van der Waals surface area contributed by atoms with Crippen LogP contribution in [0.5, 0.6) is 0 Å². The van der Waals surface area contributed by atoms with Gasteiger partial charge in [0, 0.05) is 17.7 Å². The second-order valence-corrected chi connectivity index (χ2v) is 6.45. The molecule has 0 aliphatic carbocycles. The number of ether oxygens (including phenoxy) is 1. The van der Waals surface area contributed by atoms with Gasteiger partial charge in [0.2, 0.25) is 0 Å². The summed E-state index contributed by atoms with van der Waals surface area (Å²) in [6.45, 7) is 5.53. The van der Waals surface area contributed by atoms with E-state index in [0.717, 1.165) is 26.9 Å². The summed E-state index contributed by atoms with van der Waals surface area (Å²) in [4.78, 5) is 29.7. The highest BCUT2D eigenvalue weighted by atomic mass is 16.6. The van der Waals surface area contributed by atoms with Crippen LogP contribution in [-0.4, -0.2) is 34.0 Å². The Bertz CT molecular complexity index is 813. The van der Waals surface area contributed by atoms with E-state index in [1.54, 1.807) is 27.0 Å². The molecule has 0 N–H and O–H groups in total. The third kappa shape index (κ3) is 3.08. The third-order valence-electron chi connectivity index (χ3n) is 3.50. The summed E-state index contributed by atoms with van der Waals surface area (Å²) in [6, 6.07) is 9.56. The van der Waals surface area contributed by atoms with Crippen LogP contribution in [0.25, 0.3) is 16.5 Å². The van der Waals surface area contributed by atoms with E-state index in [4.69, 9.17) is 4.74 Å². The van der Waals surface area contributed by atoms with Crippen molar-refractivity contribution in [1.29, 1.82) is 0 Å². The molecule has 1 aliphatic heterocycles. The molecule has 5 heteroatoms. The summed E-state index contributed by atoms with van der Waals surface area (Å²) in [5, 5.41) is 0.958. The number of benzene rings is 1. The standard InChI is InChI=1S/C18H18N2O3/c1-18(2,3)23-17(22)20-11-12(10-16(20)21)13-6-4-8-15-14(13)7-5-9-19-15/h4-10H,11H2,1-3H3. The highest BCUT2D eigenvalue weighted by molar-refractivity contribution is 6.10. The van der Waals surface area contributed by atoms with Gasteiger partial charge in [-0.2, -0.15) is 0 Å². The van der Waals surface area contributed by atoms with Gasteiger partial charge in [0.1, 0.15) is 5.60 Å². The molecule has 1 aromatic carbocycles. The van der Waals surface area contributed by atoms with Gasteiger partial charge in [-0.25, -0.2) is 9.69 Å². The van der Waals surface area contributed by atoms with Gasteiger partial charge >= 0.3 is 6.09 Å². The lowest BCUT2D eigenvalue weighted by atomic mass is 10.0. The van der Waals surface area contributed by atoms with Crippen molar-refractivity contribution in [3.8, 4) is 0 Å². The number of hydrogen-bond acceptors (Lipinski definition) is 4. The molecule has 2 amide bonds. The molecule has 0 unspecified atom stereocenters. The van der Waals surface area contributed by atoms with Gasteiger partial charge in [-0.15, -0.1) is 0 Å². The maximum atomic E-state index is 12.2. The first-order valence-corrected chi connectivity index (χ1v) is 7.44. The van der Waals surface area contributed by atoms with Crippen LogP contribution in [0.3, 0.4) is 0 Å². The number of carbonyl (C=O) groups is 2. The second kappa shape index (κ2) is 5.50. The zero-order valence-corrected chi connectivity index (χ0v) is 13.4. The molecule has 1 aromatic heterocycles. The van der Waals surface area contributed by atoms with Crippen molar-refractivity contribution < 1.29 is 14.3 Å². The number of carbonyl (C=O) groups excluding carboxylic acids is 2. The molecule has 0 radical (unpaired) electrons. The molecule has 1 aliphatic rings. The lowest BCUT2D eigenvalue weighted by molar-refractivity contribution is -0.123. The first-order valence-electron chi connectivity index (χ1n) is 7.44. The fourth-order valence-corrected chi connectivity index (χ4v) is 2.54. The predicted molar refractivity (Wildman–Crippen MR) is 87.7 cm³/mol. The minimum absolute atomic E-state index is 0.210. The molecule has 0 atom stereocenters. The first-order chi connectivity index (χ1) is 10.8. The Morgan fingerprint density at radius 3 is 2.74 bits per heavy atom. The van der Waals surface area contributed by atoms with Crippen molar-refractivity contribution in [3.05, 3.63) is 48.2 Å². The number of pyridine rings is 1. The van der Waals surface area contributed by atoms with Crippen LogP contribution >= 0.6 is 0 Å². The SMILES string of the molecule is CC(C)(C)OC(=O)N1CC(c2cccc3ncccc23)=CC1=O. The molecular formula is C18H18N2O3. The second-order valence-electron chi connectivity index (χ2n) is 6.45. The highest BCUT2D eigenvalue weighted by Gasteiger charge is 2.32. The van der Waals surface area contributed by atoms with Gasteiger partial charge in [-0.3, -0.25) is 9.78 Å². The Labute approximate surface area is 134 Å². The van der Waals surface area contributed by atoms with Crippen LogP contribution in [-0.2, 0) is 9.53 Å². The molecule has 23 heavy (non-hydrogen) atoms. The topological polar surface area (TPSA) is 59.5 Å². The number of rotatable bonds is 1. The molecule has 0 saturated heterocycles. The van der Waals surface area contributed by atoms with Crippen LogP contribution in [0.15, 0.2) is 42.6 Å². The quantitative estimate of drug-likeness (QED) is 0.810. The van der Waals surface area contributed by atoms with Gasteiger partial charge in [-0.1, -0.05) is 18.2 Å². The zero-order valence-electron chi connectivity index (χ0n) is 13.4. The van der Waals surface area contributed by atoms with Crippen molar-refractivity contribution in [2.75, 3.05) is 6.54 Å². The summed E-state index contributed by atoms with van der Waals surface area (Å²) in [6.07, 6.45) is 2.60. The molecule has 0 saturated carbocycles. The van der Waals surface area contributed by atoms with Crippen LogP contribution in [0.1, 0.15) is 26.3 Å². The van der Waals surface area contributed by atoms with Crippen LogP contribution < -0.4 is 0 Å². The lowest BCUT2D eigenvalue weighted by Gasteiger charge is -2.23. The molecule has 0 bridgehead atoms.